The minimum atomic E-state index is -0.635. The maximum atomic E-state index is 13.0. The molecule has 2 aromatic carbocycles. The number of rotatable bonds is 5. The lowest BCUT2D eigenvalue weighted by Crippen LogP contribution is -2.49. The fraction of sp³-hybridized carbons (Fsp3) is 0.227. The highest BCUT2D eigenvalue weighted by molar-refractivity contribution is 7.99. The van der Waals surface area contributed by atoms with E-state index in [2.05, 4.69) is 16.4 Å². The van der Waals surface area contributed by atoms with Crippen LogP contribution in [0.25, 0.3) is 10.9 Å². The van der Waals surface area contributed by atoms with Crippen LogP contribution in [0.3, 0.4) is 0 Å². The summed E-state index contributed by atoms with van der Waals surface area (Å²) in [4.78, 5) is 30.8. The lowest BCUT2D eigenvalue weighted by Gasteiger charge is -2.23. The van der Waals surface area contributed by atoms with Crippen LogP contribution in [0, 0.1) is 11.3 Å². The number of hydrogen-bond donors (Lipinski definition) is 2. The smallest absolute Gasteiger partial charge is 0.268 e. The van der Waals surface area contributed by atoms with Crippen LogP contribution in [0.5, 0.6) is 0 Å². The number of aromatic nitrogens is 1. The summed E-state index contributed by atoms with van der Waals surface area (Å²) in [6.45, 7) is 0.702. The van der Waals surface area contributed by atoms with Gasteiger partial charge in [0.15, 0.2) is 0 Å². The predicted molar refractivity (Wildman–Crippen MR) is 113 cm³/mol. The summed E-state index contributed by atoms with van der Waals surface area (Å²) in [5.41, 5.74) is 2.67. The molecule has 0 saturated carbocycles. The van der Waals surface area contributed by atoms with Gasteiger partial charge in [-0.25, -0.2) is 0 Å². The second kappa shape index (κ2) is 8.41. The first kappa shape index (κ1) is 19.1. The van der Waals surface area contributed by atoms with Gasteiger partial charge < -0.3 is 15.2 Å². The van der Waals surface area contributed by atoms with Crippen molar-refractivity contribution in [1.29, 1.82) is 5.26 Å². The minimum absolute atomic E-state index is 0.0601. The van der Waals surface area contributed by atoms with E-state index in [1.165, 1.54) is 0 Å². The Bertz CT molecular complexity index is 1080. The lowest BCUT2D eigenvalue weighted by atomic mass is 10.0. The molecule has 1 aromatic heterocycles. The summed E-state index contributed by atoms with van der Waals surface area (Å²) in [5.74, 6) is 1.18. The van der Waals surface area contributed by atoms with Gasteiger partial charge in [0.1, 0.15) is 11.7 Å². The van der Waals surface area contributed by atoms with E-state index in [4.69, 9.17) is 5.26 Å². The number of aromatic amines is 1. The predicted octanol–water partition coefficient (Wildman–Crippen LogP) is 2.91. The molecule has 0 unspecified atom stereocenters. The Labute approximate surface area is 172 Å². The number of amides is 2. The molecule has 0 radical (unpaired) electrons. The van der Waals surface area contributed by atoms with E-state index < -0.39 is 6.04 Å². The first-order valence-corrected chi connectivity index (χ1v) is 10.5. The van der Waals surface area contributed by atoms with Crippen molar-refractivity contribution in [1.82, 2.24) is 15.2 Å². The molecule has 146 valence electrons. The van der Waals surface area contributed by atoms with Crippen molar-refractivity contribution in [3.63, 3.8) is 0 Å². The third-order valence-corrected chi connectivity index (χ3v) is 5.91. The fourth-order valence-corrected chi connectivity index (χ4v) is 4.37. The zero-order valence-electron chi connectivity index (χ0n) is 15.7. The van der Waals surface area contributed by atoms with Crippen LogP contribution >= 0.6 is 11.8 Å². The van der Waals surface area contributed by atoms with Crippen molar-refractivity contribution < 1.29 is 9.59 Å². The largest absolute Gasteiger partial charge is 0.351 e. The van der Waals surface area contributed by atoms with Crippen LogP contribution in [0.1, 0.15) is 21.6 Å². The van der Waals surface area contributed by atoms with Crippen molar-refractivity contribution in [2.24, 2.45) is 0 Å². The summed E-state index contributed by atoms with van der Waals surface area (Å²) in [6.07, 6.45) is 0.436. The van der Waals surface area contributed by atoms with Crippen LogP contribution < -0.4 is 5.32 Å². The van der Waals surface area contributed by atoms with Crippen molar-refractivity contribution >= 4 is 34.5 Å². The molecule has 2 N–H and O–H groups in total. The molecule has 1 aliphatic heterocycles. The van der Waals surface area contributed by atoms with Gasteiger partial charge in [-0.1, -0.05) is 30.3 Å². The zero-order valence-corrected chi connectivity index (χ0v) is 16.5. The average molecular weight is 404 g/mol. The molecule has 1 aliphatic rings. The molecule has 3 aromatic rings. The van der Waals surface area contributed by atoms with E-state index in [0.717, 1.165) is 22.2 Å². The van der Waals surface area contributed by atoms with Crippen molar-refractivity contribution in [3.05, 3.63) is 71.4 Å². The van der Waals surface area contributed by atoms with Crippen LogP contribution in [0.2, 0.25) is 0 Å². The molecule has 0 spiro atoms. The molecule has 2 amide bonds. The van der Waals surface area contributed by atoms with Gasteiger partial charge in [0.2, 0.25) is 5.91 Å². The number of H-pyrrole nitrogens is 1. The van der Waals surface area contributed by atoms with Gasteiger partial charge in [-0.2, -0.15) is 5.26 Å². The summed E-state index contributed by atoms with van der Waals surface area (Å²) in [7, 11) is 0. The Morgan fingerprint density at radius 1 is 1.21 bits per heavy atom. The Kier molecular flexibility index (Phi) is 5.54. The number of nitrogens with one attached hydrogen (secondary N) is 2. The van der Waals surface area contributed by atoms with Crippen LogP contribution in [-0.4, -0.2) is 45.9 Å². The standard InChI is InChI=1S/C22H20N4O2S/c23-13-16-6-7-18-17(10-16)12-19(24-18)21(27)25-20(11-15-4-2-1-3-5-15)22(28)26-8-9-29-14-26/h1-7,10,12,20,24H,8-9,11,14H2,(H,25,27)/t20-/m0/s1. The normalized spacial score (nSPS) is 14.5. The molecule has 1 atom stereocenters. The molecule has 2 heterocycles. The molecule has 4 rings (SSSR count). The highest BCUT2D eigenvalue weighted by Gasteiger charge is 2.29. The summed E-state index contributed by atoms with van der Waals surface area (Å²) < 4.78 is 0. The molecular formula is C22H20N4O2S. The number of thioether (sulfide) groups is 1. The fourth-order valence-electron chi connectivity index (χ4n) is 3.42. The Morgan fingerprint density at radius 2 is 2.03 bits per heavy atom. The second-order valence-corrected chi connectivity index (χ2v) is 8.03. The molecule has 0 bridgehead atoms. The highest BCUT2D eigenvalue weighted by atomic mass is 32.2. The number of hydrogen-bond acceptors (Lipinski definition) is 4. The molecule has 1 fully saturated rings. The number of fused-ring (bicyclic) bond motifs is 1. The SMILES string of the molecule is N#Cc1ccc2[nH]c(C(=O)N[C@@H](Cc3ccccc3)C(=O)N3CCSC3)cc2c1. The Balaban J connectivity index is 1.56. The Morgan fingerprint density at radius 3 is 2.76 bits per heavy atom. The summed E-state index contributed by atoms with van der Waals surface area (Å²) in [5, 5.41) is 12.8. The van der Waals surface area contributed by atoms with E-state index >= 15 is 0 Å². The average Bonchev–Trinajstić information content (AvgIpc) is 3.42. The monoisotopic (exact) mass is 404 g/mol. The maximum Gasteiger partial charge on any atom is 0.268 e. The molecular weight excluding hydrogens is 384 g/mol. The molecule has 29 heavy (non-hydrogen) atoms. The van der Waals surface area contributed by atoms with Gasteiger partial charge in [-0.3, -0.25) is 9.59 Å². The van der Waals surface area contributed by atoms with Gasteiger partial charge in [0.25, 0.3) is 5.91 Å². The van der Waals surface area contributed by atoms with E-state index in [1.54, 1.807) is 40.9 Å². The van der Waals surface area contributed by atoms with Crippen LogP contribution in [0.4, 0.5) is 0 Å². The molecule has 6 nitrogen and oxygen atoms in total. The van der Waals surface area contributed by atoms with E-state index in [-0.39, 0.29) is 11.8 Å². The van der Waals surface area contributed by atoms with Crippen LogP contribution in [-0.2, 0) is 11.2 Å². The van der Waals surface area contributed by atoms with Crippen molar-refractivity contribution in [2.75, 3.05) is 18.2 Å². The van der Waals surface area contributed by atoms with Gasteiger partial charge in [0.05, 0.1) is 17.5 Å². The maximum absolute atomic E-state index is 13.0. The number of benzene rings is 2. The Hall–Kier alpha value is -3.24. The summed E-state index contributed by atoms with van der Waals surface area (Å²) >= 11 is 1.72. The summed E-state index contributed by atoms with van der Waals surface area (Å²) in [6, 6.07) is 18.1. The number of nitrogens with zero attached hydrogens (tertiary/aromatic N) is 2. The minimum Gasteiger partial charge on any atom is -0.351 e. The number of nitriles is 1. The van der Waals surface area contributed by atoms with Crippen molar-refractivity contribution in [3.8, 4) is 6.07 Å². The van der Waals surface area contributed by atoms with E-state index in [9.17, 15) is 9.59 Å². The van der Waals surface area contributed by atoms with Gasteiger partial charge >= 0.3 is 0 Å². The first-order valence-electron chi connectivity index (χ1n) is 9.38. The van der Waals surface area contributed by atoms with E-state index in [0.29, 0.717) is 30.1 Å². The highest BCUT2D eigenvalue weighted by Crippen LogP contribution is 2.19. The van der Waals surface area contributed by atoms with E-state index in [1.807, 2.05) is 30.3 Å². The number of carbonyl (C=O) groups excluding carboxylic acids is 2. The van der Waals surface area contributed by atoms with Crippen molar-refractivity contribution in [2.45, 2.75) is 12.5 Å². The first-order chi connectivity index (χ1) is 14.1. The zero-order chi connectivity index (χ0) is 20.2. The lowest BCUT2D eigenvalue weighted by molar-refractivity contribution is -0.131. The third-order valence-electron chi connectivity index (χ3n) is 4.94. The quantitative estimate of drug-likeness (QED) is 0.684. The van der Waals surface area contributed by atoms with Gasteiger partial charge in [0, 0.05) is 29.6 Å². The van der Waals surface area contributed by atoms with Gasteiger partial charge in [-0.05, 0) is 29.8 Å². The molecule has 1 saturated heterocycles. The van der Waals surface area contributed by atoms with Crippen LogP contribution in [0.15, 0.2) is 54.6 Å². The molecule has 7 heteroatoms. The topological polar surface area (TPSA) is 89.0 Å². The second-order valence-electron chi connectivity index (χ2n) is 6.95. The number of carbonyl (C=O) groups is 2. The third kappa shape index (κ3) is 4.28. The molecule has 0 aliphatic carbocycles. The van der Waals surface area contributed by atoms with Gasteiger partial charge in [-0.15, -0.1) is 11.8 Å².